The van der Waals surface area contributed by atoms with E-state index in [4.69, 9.17) is 0 Å². The highest BCUT2D eigenvalue weighted by atomic mass is 16.2. The van der Waals surface area contributed by atoms with Crippen molar-refractivity contribution < 1.29 is 9.59 Å². The maximum atomic E-state index is 13.6. The fourth-order valence-electron chi connectivity index (χ4n) is 4.72. The maximum absolute atomic E-state index is 13.6. The second-order valence-corrected chi connectivity index (χ2v) is 8.04. The molecular formula is C23H23N3O2. The summed E-state index contributed by atoms with van der Waals surface area (Å²) in [6.45, 7) is 5.09. The van der Waals surface area contributed by atoms with Gasteiger partial charge < -0.3 is 14.8 Å². The lowest BCUT2D eigenvalue weighted by molar-refractivity contribution is -0.166. The number of amides is 2. The Balaban J connectivity index is 1.58. The average molecular weight is 373 g/mol. The third kappa shape index (κ3) is 2.32. The molecular weight excluding hydrogens is 350 g/mol. The van der Waals surface area contributed by atoms with Crippen molar-refractivity contribution >= 4 is 22.7 Å². The number of carbonyl (C=O) groups excluding carboxylic acids is 2. The zero-order valence-electron chi connectivity index (χ0n) is 16.2. The fourth-order valence-corrected chi connectivity index (χ4v) is 4.72. The lowest BCUT2D eigenvalue weighted by atomic mass is 9.83. The summed E-state index contributed by atoms with van der Waals surface area (Å²) in [5.41, 5.74) is 4.28. The second kappa shape index (κ2) is 5.96. The van der Waals surface area contributed by atoms with E-state index in [9.17, 15) is 9.59 Å². The normalized spacial score (nSPS) is 21.8. The summed E-state index contributed by atoms with van der Waals surface area (Å²) in [5, 5.41) is 1.15. The van der Waals surface area contributed by atoms with Crippen LogP contribution in [0.3, 0.4) is 0 Å². The third-order valence-electron chi connectivity index (χ3n) is 6.25. The van der Waals surface area contributed by atoms with Crippen molar-refractivity contribution in [3.63, 3.8) is 0 Å². The lowest BCUT2D eigenvalue weighted by Crippen LogP contribution is -2.66. The first kappa shape index (κ1) is 17.0. The number of aromatic amines is 1. The SMILES string of the molecule is Cc1ccc(CN2CC(=O)N3CCc4c([nH]c5ccccc45)[C@]3(C)C2=O)cc1. The molecule has 5 rings (SSSR count). The number of hydrogen-bond donors (Lipinski definition) is 1. The molecule has 0 unspecified atom stereocenters. The smallest absolute Gasteiger partial charge is 0.255 e. The molecule has 2 aliphatic heterocycles. The van der Waals surface area contributed by atoms with E-state index in [1.165, 1.54) is 5.56 Å². The van der Waals surface area contributed by atoms with Gasteiger partial charge in [0.15, 0.2) is 5.54 Å². The van der Waals surface area contributed by atoms with Crippen molar-refractivity contribution in [1.82, 2.24) is 14.8 Å². The predicted octanol–water partition coefficient (Wildman–Crippen LogP) is 3.12. The van der Waals surface area contributed by atoms with Crippen LogP contribution in [-0.4, -0.2) is 39.7 Å². The molecule has 28 heavy (non-hydrogen) atoms. The number of H-pyrrole nitrogens is 1. The molecule has 5 heteroatoms. The molecule has 1 fully saturated rings. The van der Waals surface area contributed by atoms with Crippen LogP contribution >= 0.6 is 0 Å². The lowest BCUT2D eigenvalue weighted by Gasteiger charge is -2.49. The number of nitrogens with one attached hydrogen (secondary N) is 1. The van der Waals surface area contributed by atoms with E-state index >= 15 is 0 Å². The van der Waals surface area contributed by atoms with Gasteiger partial charge in [-0.1, -0.05) is 48.0 Å². The first-order valence-electron chi connectivity index (χ1n) is 9.74. The zero-order chi connectivity index (χ0) is 19.5. The molecule has 1 N–H and O–H groups in total. The number of piperazine rings is 1. The number of hydrogen-bond acceptors (Lipinski definition) is 2. The van der Waals surface area contributed by atoms with Gasteiger partial charge in [0.2, 0.25) is 5.91 Å². The summed E-state index contributed by atoms with van der Waals surface area (Å²) in [6.07, 6.45) is 0.770. The molecule has 2 aromatic carbocycles. The van der Waals surface area contributed by atoms with Gasteiger partial charge in [-0.25, -0.2) is 0 Å². The number of para-hydroxylation sites is 1. The summed E-state index contributed by atoms with van der Waals surface area (Å²) >= 11 is 0. The molecule has 1 saturated heterocycles. The standard InChI is InChI=1S/C23H23N3O2/c1-15-7-9-16(10-8-15)13-25-14-20(27)26-12-11-18-17-5-3-4-6-19(17)24-21(18)23(26,2)22(25)28/h3-10,24H,11-14H2,1-2H3/t23-/m1/s1. The van der Waals surface area contributed by atoms with Crippen LogP contribution in [0.2, 0.25) is 0 Å². The quantitative estimate of drug-likeness (QED) is 0.750. The van der Waals surface area contributed by atoms with E-state index in [-0.39, 0.29) is 18.4 Å². The highest BCUT2D eigenvalue weighted by Gasteiger charge is 2.53. The van der Waals surface area contributed by atoms with Gasteiger partial charge in [0, 0.05) is 24.0 Å². The van der Waals surface area contributed by atoms with Crippen LogP contribution in [0.1, 0.15) is 29.3 Å². The number of aromatic nitrogens is 1. The van der Waals surface area contributed by atoms with Crippen LogP contribution in [0, 0.1) is 6.92 Å². The van der Waals surface area contributed by atoms with Crippen molar-refractivity contribution in [2.75, 3.05) is 13.1 Å². The van der Waals surface area contributed by atoms with Crippen molar-refractivity contribution in [3.8, 4) is 0 Å². The van der Waals surface area contributed by atoms with Gasteiger partial charge in [-0.15, -0.1) is 0 Å². The highest BCUT2D eigenvalue weighted by molar-refractivity contribution is 6.00. The van der Waals surface area contributed by atoms with Crippen molar-refractivity contribution in [1.29, 1.82) is 0 Å². The van der Waals surface area contributed by atoms with Gasteiger partial charge in [-0.2, -0.15) is 0 Å². The average Bonchev–Trinajstić information content (AvgIpc) is 3.08. The molecule has 1 atom stereocenters. The van der Waals surface area contributed by atoms with E-state index in [1.807, 2.05) is 56.3 Å². The zero-order valence-corrected chi connectivity index (χ0v) is 16.2. The summed E-state index contributed by atoms with van der Waals surface area (Å²) in [6, 6.07) is 16.2. The molecule has 1 aromatic heterocycles. The summed E-state index contributed by atoms with van der Waals surface area (Å²) in [4.78, 5) is 33.5. The number of fused-ring (bicyclic) bond motifs is 5. The Hall–Kier alpha value is -3.08. The first-order valence-corrected chi connectivity index (χ1v) is 9.74. The Morgan fingerprint density at radius 3 is 2.61 bits per heavy atom. The molecule has 0 radical (unpaired) electrons. The molecule has 0 aliphatic carbocycles. The van der Waals surface area contributed by atoms with Gasteiger partial charge in [0.05, 0.1) is 5.69 Å². The number of benzene rings is 2. The number of nitrogens with zero attached hydrogens (tertiary/aromatic N) is 2. The van der Waals surface area contributed by atoms with Crippen LogP contribution < -0.4 is 0 Å². The van der Waals surface area contributed by atoms with Gasteiger partial charge in [-0.3, -0.25) is 9.59 Å². The van der Waals surface area contributed by atoms with Crippen molar-refractivity contribution in [2.45, 2.75) is 32.4 Å². The van der Waals surface area contributed by atoms with Crippen LogP contribution in [0.4, 0.5) is 0 Å². The third-order valence-corrected chi connectivity index (χ3v) is 6.25. The predicted molar refractivity (Wildman–Crippen MR) is 108 cm³/mol. The minimum absolute atomic E-state index is 0.0125. The Labute approximate surface area is 163 Å². The van der Waals surface area contributed by atoms with Gasteiger partial charge in [0.25, 0.3) is 5.91 Å². The molecule has 3 aromatic rings. The van der Waals surface area contributed by atoms with Gasteiger partial charge in [0.1, 0.15) is 6.54 Å². The van der Waals surface area contributed by atoms with Crippen molar-refractivity contribution in [2.24, 2.45) is 0 Å². The molecule has 142 valence electrons. The Kier molecular flexibility index (Phi) is 3.63. The molecule has 5 nitrogen and oxygen atoms in total. The van der Waals surface area contributed by atoms with E-state index in [2.05, 4.69) is 11.1 Å². The van der Waals surface area contributed by atoms with Gasteiger partial charge >= 0.3 is 0 Å². The molecule has 3 heterocycles. The van der Waals surface area contributed by atoms with E-state index in [0.29, 0.717) is 13.1 Å². The first-order chi connectivity index (χ1) is 13.5. The van der Waals surface area contributed by atoms with Crippen LogP contribution in [0.5, 0.6) is 0 Å². The molecule has 2 amide bonds. The minimum Gasteiger partial charge on any atom is -0.356 e. The van der Waals surface area contributed by atoms with Crippen LogP contribution in [0.15, 0.2) is 48.5 Å². The molecule has 0 bridgehead atoms. The monoisotopic (exact) mass is 373 g/mol. The summed E-state index contributed by atoms with van der Waals surface area (Å²) in [5.74, 6) is -0.00120. The van der Waals surface area contributed by atoms with E-state index in [0.717, 1.165) is 34.1 Å². The Bertz CT molecular complexity index is 1100. The largest absolute Gasteiger partial charge is 0.356 e. The van der Waals surface area contributed by atoms with Crippen molar-refractivity contribution in [3.05, 3.63) is 70.9 Å². The second-order valence-electron chi connectivity index (χ2n) is 8.04. The summed E-state index contributed by atoms with van der Waals surface area (Å²) in [7, 11) is 0. The van der Waals surface area contributed by atoms with E-state index in [1.54, 1.807) is 9.80 Å². The Morgan fingerprint density at radius 2 is 1.82 bits per heavy atom. The van der Waals surface area contributed by atoms with E-state index < -0.39 is 5.54 Å². The Morgan fingerprint density at radius 1 is 1.07 bits per heavy atom. The fraction of sp³-hybridized carbons (Fsp3) is 0.304. The van der Waals surface area contributed by atoms with Gasteiger partial charge in [-0.05, 0) is 37.5 Å². The molecule has 2 aliphatic rings. The number of carbonyl (C=O) groups is 2. The van der Waals surface area contributed by atoms with Crippen LogP contribution in [0.25, 0.3) is 10.9 Å². The summed E-state index contributed by atoms with van der Waals surface area (Å²) < 4.78 is 0. The minimum atomic E-state index is -0.980. The number of aryl methyl sites for hydroxylation is 1. The molecule has 0 saturated carbocycles. The molecule has 0 spiro atoms. The highest BCUT2D eigenvalue weighted by Crippen LogP contribution is 2.42. The van der Waals surface area contributed by atoms with Crippen LogP contribution in [-0.2, 0) is 28.1 Å². The maximum Gasteiger partial charge on any atom is 0.255 e. The number of rotatable bonds is 2. The topological polar surface area (TPSA) is 56.4 Å².